The van der Waals surface area contributed by atoms with Gasteiger partial charge in [-0.3, -0.25) is 4.79 Å². The lowest BCUT2D eigenvalue weighted by Crippen LogP contribution is -2.14. The van der Waals surface area contributed by atoms with E-state index in [4.69, 9.17) is 9.47 Å². The van der Waals surface area contributed by atoms with Crippen LogP contribution in [0.4, 0.5) is 21.7 Å². The van der Waals surface area contributed by atoms with E-state index in [-0.39, 0.29) is 24.3 Å². The van der Waals surface area contributed by atoms with Crippen molar-refractivity contribution in [2.45, 2.75) is 0 Å². The molecule has 8 heteroatoms. The van der Waals surface area contributed by atoms with Crippen molar-refractivity contribution in [1.29, 1.82) is 0 Å². The normalized spacial score (nSPS) is 11.9. The molecule has 1 amide bonds. The summed E-state index contributed by atoms with van der Waals surface area (Å²) in [6.07, 6.45) is 1.47. The molecule has 0 bridgehead atoms. The summed E-state index contributed by atoms with van der Waals surface area (Å²) in [5.41, 5.74) is 1.35. The molecule has 0 atom stereocenters. The van der Waals surface area contributed by atoms with Crippen molar-refractivity contribution >= 4 is 23.2 Å². The molecular weight excluding hydrogens is 339 g/mol. The number of nitrogens with one attached hydrogen (secondary N) is 2. The topological polar surface area (TPSA) is 85.4 Å². The number of benzene rings is 2. The molecule has 130 valence electrons. The number of carbonyl (C=O) groups excluding carboxylic acids is 1. The van der Waals surface area contributed by atoms with Gasteiger partial charge in [-0.25, -0.2) is 14.4 Å². The van der Waals surface area contributed by atoms with E-state index in [0.717, 1.165) is 0 Å². The smallest absolute Gasteiger partial charge is 0.274 e. The van der Waals surface area contributed by atoms with E-state index >= 15 is 0 Å². The quantitative estimate of drug-likeness (QED) is 0.749. The fourth-order valence-corrected chi connectivity index (χ4v) is 2.38. The molecule has 1 aromatic heterocycles. The van der Waals surface area contributed by atoms with Gasteiger partial charge in [0.1, 0.15) is 11.5 Å². The van der Waals surface area contributed by atoms with Gasteiger partial charge in [0.15, 0.2) is 11.5 Å². The van der Waals surface area contributed by atoms with Gasteiger partial charge in [0.05, 0.1) is 0 Å². The molecule has 2 heterocycles. The number of nitrogens with zero attached hydrogens (tertiary/aromatic N) is 2. The first kappa shape index (κ1) is 15.8. The van der Waals surface area contributed by atoms with Crippen LogP contribution in [-0.2, 0) is 0 Å². The molecule has 0 unspecified atom stereocenters. The van der Waals surface area contributed by atoms with Crippen molar-refractivity contribution in [2.24, 2.45) is 0 Å². The second-order valence-corrected chi connectivity index (χ2v) is 5.42. The number of anilines is 3. The molecule has 0 radical (unpaired) electrons. The van der Waals surface area contributed by atoms with Crippen molar-refractivity contribution < 1.29 is 18.7 Å². The van der Waals surface area contributed by atoms with E-state index in [9.17, 15) is 9.18 Å². The Balaban J connectivity index is 1.49. The Bertz CT molecular complexity index is 963. The SMILES string of the molecule is O=C(Nc1ccc(F)cc1)c1ccnc(Nc2ccc3c(c2)OCO3)n1. The van der Waals surface area contributed by atoms with Crippen LogP contribution >= 0.6 is 0 Å². The number of amides is 1. The van der Waals surface area contributed by atoms with Crippen LogP contribution in [0.1, 0.15) is 10.5 Å². The highest BCUT2D eigenvalue weighted by Crippen LogP contribution is 2.34. The minimum atomic E-state index is -0.423. The maximum absolute atomic E-state index is 12.9. The van der Waals surface area contributed by atoms with Crippen LogP contribution in [-0.4, -0.2) is 22.7 Å². The summed E-state index contributed by atoms with van der Waals surface area (Å²) in [6.45, 7) is 0.189. The highest BCUT2D eigenvalue weighted by atomic mass is 19.1. The molecule has 2 N–H and O–H groups in total. The third-order valence-electron chi connectivity index (χ3n) is 3.62. The number of fused-ring (bicyclic) bond motifs is 1. The van der Waals surface area contributed by atoms with Gasteiger partial charge in [-0.1, -0.05) is 0 Å². The van der Waals surface area contributed by atoms with Crippen molar-refractivity contribution in [1.82, 2.24) is 9.97 Å². The van der Waals surface area contributed by atoms with E-state index in [1.54, 1.807) is 18.2 Å². The Morgan fingerprint density at radius 3 is 2.62 bits per heavy atom. The fraction of sp³-hybridized carbons (Fsp3) is 0.0556. The maximum atomic E-state index is 12.9. The molecule has 26 heavy (non-hydrogen) atoms. The van der Waals surface area contributed by atoms with Crippen molar-refractivity contribution in [3.05, 3.63) is 66.2 Å². The summed E-state index contributed by atoms with van der Waals surface area (Å²) in [7, 11) is 0. The minimum absolute atomic E-state index is 0.174. The average Bonchev–Trinajstić information content (AvgIpc) is 3.12. The number of halogens is 1. The van der Waals surface area contributed by atoms with E-state index in [2.05, 4.69) is 20.6 Å². The Labute approximate surface area is 147 Å². The second kappa shape index (κ2) is 6.67. The van der Waals surface area contributed by atoms with Crippen LogP contribution < -0.4 is 20.1 Å². The van der Waals surface area contributed by atoms with Crippen molar-refractivity contribution in [3.63, 3.8) is 0 Å². The van der Waals surface area contributed by atoms with Gasteiger partial charge < -0.3 is 20.1 Å². The number of hydrogen-bond acceptors (Lipinski definition) is 6. The number of hydrogen-bond donors (Lipinski definition) is 2. The number of aromatic nitrogens is 2. The third-order valence-corrected chi connectivity index (χ3v) is 3.62. The van der Waals surface area contributed by atoms with Crippen molar-refractivity contribution in [2.75, 3.05) is 17.4 Å². The standard InChI is InChI=1S/C18H13FN4O3/c19-11-1-3-12(4-2-11)21-17(24)14-7-8-20-18(23-14)22-13-5-6-15-16(9-13)26-10-25-15/h1-9H,10H2,(H,21,24)(H,20,22,23). The molecule has 1 aliphatic rings. The van der Waals surface area contributed by atoms with Crippen LogP contribution in [0.3, 0.4) is 0 Å². The summed E-state index contributed by atoms with van der Waals surface area (Å²) in [5, 5.41) is 5.66. The Morgan fingerprint density at radius 1 is 1.00 bits per heavy atom. The van der Waals surface area contributed by atoms with Crippen LogP contribution in [0.25, 0.3) is 0 Å². The fourth-order valence-electron chi connectivity index (χ4n) is 2.38. The molecule has 0 saturated heterocycles. The first-order valence-corrected chi connectivity index (χ1v) is 7.74. The van der Waals surface area contributed by atoms with Gasteiger partial charge in [0, 0.05) is 23.6 Å². The summed E-state index contributed by atoms with van der Waals surface area (Å²) in [6, 6.07) is 12.3. The Hall–Kier alpha value is -3.68. The Morgan fingerprint density at radius 2 is 1.77 bits per heavy atom. The number of rotatable bonds is 4. The van der Waals surface area contributed by atoms with Gasteiger partial charge in [-0.05, 0) is 42.5 Å². The highest BCUT2D eigenvalue weighted by Gasteiger charge is 2.14. The molecular formula is C18H13FN4O3. The summed E-state index contributed by atoms with van der Waals surface area (Å²) >= 11 is 0. The van der Waals surface area contributed by atoms with Gasteiger partial charge >= 0.3 is 0 Å². The Kier molecular flexibility index (Phi) is 4.06. The predicted octanol–water partition coefficient (Wildman–Crippen LogP) is 3.34. The van der Waals surface area contributed by atoms with E-state index in [1.807, 2.05) is 0 Å². The minimum Gasteiger partial charge on any atom is -0.454 e. The van der Waals surface area contributed by atoms with E-state index in [1.165, 1.54) is 36.5 Å². The van der Waals surface area contributed by atoms with Gasteiger partial charge in [0.25, 0.3) is 5.91 Å². The molecule has 0 spiro atoms. The largest absolute Gasteiger partial charge is 0.454 e. The van der Waals surface area contributed by atoms with E-state index < -0.39 is 5.91 Å². The zero-order valence-corrected chi connectivity index (χ0v) is 13.4. The van der Waals surface area contributed by atoms with Crippen LogP contribution in [0, 0.1) is 5.82 Å². The maximum Gasteiger partial charge on any atom is 0.274 e. The first-order valence-electron chi connectivity index (χ1n) is 7.74. The van der Waals surface area contributed by atoms with Crippen LogP contribution in [0.5, 0.6) is 11.5 Å². The first-order chi connectivity index (χ1) is 12.7. The lowest BCUT2D eigenvalue weighted by Gasteiger charge is -2.08. The second-order valence-electron chi connectivity index (χ2n) is 5.42. The summed E-state index contributed by atoms with van der Waals surface area (Å²) in [4.78, 5) is 20.6. The molecule has 3 aromatic rings. The van der Waals surface area contributed by atoms with Gasteiger partial charge in [0.2, 0.25) is 12.7 Å². The molecule has 1 aliphatic heterocycles. The highest BCUT2D eigenvalue weighted by molar-refractivity contribution is 6.02. The van der Waals surface area contributed by atoms with E-state index in [0.29, 0.717) is 22.9 Å². The molecule has 0 aliphatic carbocycles. The lowest BCUT2D eigenvalue weighted by molar-refractivity contribution is 0.102. The predicted molar refractivity (Wildman–Crippen MR) is 92.2 cm³/mol. The number of ether oxygens (including phenoxy) is 2. The lowest BCUT2D eigenvalue weighted by atomic mass is 10.3. The number of carbonyl (C=O) groups is 1. The molecule has 7 nitrogen and oxygen atoms in total. The van der Waals surface area contributed by atoms with Crippen LogP contribution in [0.15, 0.2) is 54.7 Å². The molecule has 0 saturated carbocycles. The molecule has 0 fully saturated rings. The van der Waals surface area contributed by atoms with Crippen LogP contribution in [0.2, 0.25) is 0 Å². The van der Waals surface area contributed by atoms with Gasteiger partial charge in [-0.2, -0.15) is 0 Å². The molecule has 4 rings (SSSR count). The summed E-state index contributed by atoms with van der Waals surface area (Å²) in [5.74, 6) is 0.757. The van der Waals surface area contributed by atoms with Crippen molar-refractivity contribution in [3.8, 4) is 11.5 Å². The molecule has 2 aromatic carbocycles. The zero-order chi connectivity index (χ0) is 17.9. The van der Waals surface area contributed by atoms with Gasteiger partial charge in [-0.15, -0.1) is 0 Å². The third kappa shape index (κ3) is 3.39. The zero-order valence-electron chi connectivity index (χ0n) is 13.4. The monoisotopic (exact) mass is 352 g/mol. The average molecular weight is 352 g/mol. The summed E-state index contributed by atoms with van der Waals surface area (Å²) < 4.78 is 23.5.